The number of nitrogens with one attached hydrogen (secondary N) is 1. The monoisotopic (exact) mass is 339 g/mol. The largest absolute Gasteiger partial charge is 0.496 e. The zero-order valence-corrected chi connectivity index (χ0v) is 13.2. The van der Waals surface area contributed by atoms with Crippen molar-refractivity contribution in [1.82, 2.24) is 0 Å². The number of ether oxygens (including phenoxy) is 1. The fraction of sp³-hybridized carbons (Fsp3) is 0.200. The third kappa shape index (κ3) is 3.43. The molecule has 0 aliphatic heterocycles. The first-order valence-corrected chi connectivity index (χ1v) is 7.10. The van der Waals surface area contributed by atoms with E-state index < -0.39 is 0 Å². The van der Waals surface area contributed by atoms with Crippen molar-refractivity contribution in [2.45, 2.75) is 13.5 Å². The molecule has 0 atom stereocenters. The van der Waals surface area contributed by atoms with Gasteiger partial charge in [0.1, 0.15) is 5.75 Å². The lowest BCUT2D eigenvalue weighted by Gasteiger charge is -2.12. The molecular weight excluding hydrogens is 326 g/mol. The van der Waals surface area contributed by atoms with Crippen LogP contribution in [0.1, 0.15) is 11.1 Å². The highest BCUT2D eigenvalue weighted by Crippen LogP contribution is 2.28. The second kappa shape index (κ2) is 6.31. The molecular formula is C15H15BrClNO. The Kier molecular flexibility index (Phi) is 4.72. The van der Waals surface area contributed by atoms with Crippen molar-refractivity contribution >= 4 is 33.2 Å². The van der Waals surface area contributed by atoms with Gasteiger partial charge in [-0.05, 0) is 52.2 Å². The summed E-state index contributed by atoms with van der Waals surface area (Å²) in [5, 5.41) is 4.11. The Labute approximate surface area is 126 Å². The Morgan fingerprint density at radius 3 is 2.68 bits per heavy atom. The molecule has 100 valence electrons. The number of benzene rings is 2. The summed E-state index contributed by atoms with van der Waals surface area (Å²) < 4.78 is 6.16. The summed E-state index contributed by atoms with van der Waals surface area (Å²) in [5.41, 5.74) is 3.28. The molecule has 0 amide bonds. The second-order valence-corrected chi connectivity index (χ2v) is 5.52. The van der Waals surface area contributed by atoms with Crippen LogP contribution in [0.2, 0.25) is 5.02 Å². The zero-order valence-electron chi connectivity index (χ0n) is 10.8. The van der Waals surface area contributed by atoms with Gasteiger partial charge in [-0.2, -0.15) is 0 Å². The first-order valence-electron chi connectivity index (χ1n) is 5.93. The molecule has 0 fully saturated rings. The Morgan fingerprint density at radius 2 is 2.05 bits per heavy atom. The summed E-state index contributed by atoms with van der Waals surface area (Å²) in [6.45, 7) is 2.76. The highest BCUT2D eigenvalue weighted by molar-refractivity contribution is 9.10. The lowest BCUT2D eigenvalue weighted by Crippen LogP contribution is -2.02. The third-order valence-electron chi connectivity index (χ3n) is 2.91. The standard InChI is InChI=1S/C15H15BrClNO/c1-10-4-3-5-13(17)15(10)18-9-11-6-7-14(19-2)12(16)8-11/h3-8,18H,9H2,1-2H3. The molecule has 0 spiro atoms. The molecule has 1 N–H and O–H groups in total. The quantitative estimate of drug-likeness (QED) is 0.842. The third-order valence-corrected chi connectivity index (χ3v) is 3.84. The maximum Gasteiger partial charge on any atom is 0.133 e. The van der Waals surface area contributed by atoms with E-state index in [9.17, 15) is 0 Å². The van der Waals surface area contributed by atoms with Gasteiger partial charge in [-0.3, -0.25) is 0 Å². The maximum atomic E-state index is 6.18. The number of para-hydroxylation sites is 1. The Morgan fingerprint density at radius 1 is 1.26 bits per heavy atom. The smallest absolute Gasteiger partial charge is 0.133 e. The number of hydrogen-bond donors (Lipinski definition) is 1. The molecule has 2 nitrogen and oxygen atoms in total. The molecule has 0 saturated carbocycles. The lowest BCUT2D eigenvalue weighted by molar-refractivity contribution is 0.412. The van der Waals surface area contributed by atoms with Crippen molar-refractivity contribution in [2.75, 3.05) is 12.4 Å². The average molecular weight is 341 g/mol. The highest BCUT2D eigenvalue weighted by atomic mass is 79.9. The molecule has 2 aromatic rings. The lowest BCUT2D eigenvalue weighted by atomic mass is 10.1. The van der Waals surface area contributed by atoms with Crippen LogP contribution in [0, 0.1) is 6.92 Å². The summed E-state index contributed by atoms with van der Waals surface area (Å²) >= 11 is 9.67. The molecule has 0 heterocycles. The Hall–Kier alpha value is -1.19. The number of anilines is 1. The van der Waals surface area contributed by atoms with Gasteiger partial charge in [0.2, 0.25) is 0 Å². The molecule has 0 aromatic heterocycles. The summed E-state index contributed by atoms with van der Waals surface area (Å²) in [5.74, 6) is 0.831. The van der Waals surface area contributed by atoms with Crippen LogP contribution in [0.3, 0.4) is 0 Å². The van der Waals surface area contributed by atoms with Gasteiger partial charge < -0.3 is 10.1 Å². The van der Waals surface area contributed by atoms with Crippen LogP contribution >= 0.6 is 27.5 Å². The van der Waals surface area contributed by atoms with Crippen LogP contribution in [0.25, 0.3) is 0 Å². The van der Waals surface area contributed by atoms with E-state index in [4.69, 9.17) is 16.3 Å². The first kappa shape index (κ1) is 14.2. The Balaban J connectivity index is 2.13. The molecule has 0 aliphatic rings. The summed E-state index contributed by atoms with van der Waals surface area (Å²) in [6.07, 6.45) is 0. The predicted molar refractivity (Wildman–Crippen MR) is 84.2 cm³/mol. The van der Waals surface area contributed by atoms with E-state index in [1.807, 2.05) is 43.3 Å². The van der Waals surface area contributed by atoms with Gasteiger partial charge in [0, 0.05) is 6.54 Å². The van der Waals surface area contributed by atoms with E-state index in [2.05, 4.69) is 21.2 Å². The van der Waals surface area contributed by atoms with Crippen LogP contribution < -0.4 is 10.1 Å². The van der Waals surface area contributed by atoms with E-state index >= 15 is 0 Å². The second-order valence-electron chi connectivity index (χ2n) is 4.25. The van der Waals surface area contributed by atoms with Crippen molar-refractivity contribution in [1.29, 1.82) is 0 Å². The van der Waals surface area contributed by atoms with Crippen molar-refractivity contribution in [3.63, 3.8) is 0 Å². The molecule has 0 bridgehead atoms. The minimum atomic E-state index is 0.715. The van der Waals surface area contributed by atoms with Gasteiger partial charge in [0.05, 0.1) is 22.3 Å². The van der Waals surface area contributed by atoms with Gasteiger partial charge in [-0.25, -0.2) is 0 Å². The van der Waals surface area contributed by atoms with E-state index in [-0.39, 0.29) is 0 Å². The highest BCUT2D eigenvalue weighted by Gasteiger charge is 2.05. The van der Waals surface area contributed by atoms with Crippen LogP contribution in [-0.4, -0.2) is 7.11 Å². The molecule has 2 aromatic carbocycles. The molecule has 2 rings (SSSR count). The van der Waals surface area contributed by atoms with Crippen molar-refractivity contribution in [2.24, 2.45) is 0 Å². The topological polar surface area (TPSA) is 21.3 Å². The van der Waals surface area contributed by atoms with Gasteiger partial charge >= 0.3 is 0 Å². The zero-order chi connectivity index (χ0) is 13.8. The summed E-state index contributed by atoms with van der Waals surface area (Å²) in [6, 6.07) is 11.9. The summed E-state index contributed by atoms with van der Waals surface area (Å²) in [7, 11) is 1.66. The van der Waals surface area contributed by atoms with Gasteiger partial charge in [-0.1, -0.05) is 29.8 Å². The number of rotatable bonds is 4. The Bertz CT molecular complexity index is 566. The SMILES string of the molecule is COc1ccc(CNc2c(C)cccc2Cl)cc1Br. The molecule has 0 saturated heterocycles. The van der Waals surface area contributed by atoms with Crippen LogP contribution in [0.4, 0.5) is 5.69 Å². The number of methoxy groups -OCH3 is 1. The fourth-order valence-electron chi connectivity index (χ4n) is 1.87. The molecule has 4 heteroatoms. The molecule has 0 radical (unpaired) electrons. The van der Waals surface area contributed by atoms with E-state index in [1.165, 1.54) is 0 Å². The molecule has 0 unspecified atom stereocenters. The fourth-order valence-corrected chi connectivity index (χ4v) is 2.74. The van der Waals surface area contributed by atoms with Crippen molar-refractivity contribution in [3.8, 4) is 5.75 Å². The number of aryl methyl sites for hydroxylation is 1. The van der Waals surface area contributed by atoms with E-state index in [0.717, 1.165) is 32.1 Å². The van der Waals surface area contributed by atoms with Crippen molar-refractivity contribution in [3.05, 3.63) is 57.0 Å². The average Bonchev–Trinajstić information content (AvgIpc) is 2.38. The molecule has 19 heavy (non-hydrogen) atoms. The first-order chi connectivity index (χ1) is 9.11. The number of hydrogen-bond acceptors (Lipinski definition) is 2. The van der Waals surface area contributed by atoms with Gasteiger partial charge in [0.25, 0.3) is 0 Å². The molecule has 0 aliphatic carbocycles. The van der Waals surface area contributed by atoms with Crippen LogP contribution in [0.5, 0.6) is 5.75 Å². The minimum absolute atomic E-state index is 0.715. The number of halogens is 2. The van der Waals surface area contributed by atoms with E-state index in [0.29, 0.717) is 6.54 Å². The van der Waals surface area contributed by atoms with E-state index in [1.54, 1.807) is 7.11 Å². The van der Waals surface area contributed by atoms with Gasteiger partial charge in [-0.15, -0.1) is 0 Å². The predicted octanol–water partition coefficient (Wildman–Crippen LogP) is 5.03. The van der Waals surface area contributed by atoms with Crippen LogP contribution in [-0.2, 0) is 6.54 Å². The maximum absolute atomic E-state index is 6.18. The van der Waals surface area contributed by atoms with Crippen LogP contribution in [0.15, 0.2) is 40.9 Å². The normalized spacial score (nSPS) is 10.3. The summed E-state index contributed by atoms with van der Waals surface area (Å²) in [4.78, 5) is 0. The minimum Gasteiger partial charge on any atom is -0.496 e. The van der Waals surface area contributed by atoms with Crippen molar-refractivity contribution < 1.29 is 4.74 Å². The van der Waals surface area contributed by atoms with Gasteiger partial charge in [0.15, 0.2) is 0 Å².